The lowest BCUT2D eigenvalue weighted by atomic mass is 10.1. The molecule has 0 spiro atoms. The average Bonchev–Trinajstić information content (AvgIpc) is 2.66. The van der Waals surface area contributed by atoms with E-state index >= 15 is 0 Å². The topological polar surface area (TPSA) is 73.8 Å². The number of guanidine groups is 1. The Morgan fingerprint density at radius 3 is 2.36 bits per heavy atom. The van der Waals surface area contributed by atoms with Crippen LogP contribution in [0.25, 0.3) is 0 Å². The van der Waals surface area contributed by atoms with Crippen molar-refractivity contribution >= 4 is 40.0 Å². The summed E-state index contributed by atoms with van der Waals surface area (Å²) in [5.41, 5.74) is 2.46. The lowest BCUT2D eigenvalue weighted by Crippen LogP contribution is -2.39. The van der Waals surface area contributed by atoms with Gasteiger partial charge in [0.05, 0.1) is 11.4 Å². The second-order valence-corrected chi connectivity index (χ2v) is 8.00. The van der Waals surface area contributed by atoms with Crippen molar-refractivity contribution < 1.29 is 8.42 Å². The fourth-order valence-electron chi connectivity index (χ4n) is 2.61. The summed E-state index contributed by atoms with van der Waals surface area (Å²) in [5.74, 6) is 0.750. The molecular formula is C20H29IN4O2S. The van der Waals surface area contributed by atoms with E-state index < -0.39 is 10.0 Å². The van der Waals surface area contributed by atoms with Crippen molar-refractivity contribution in [1.29, 1.82) is 0 Å². The number of hydrogen-bond donors (Lipinski definition) is 2. The Kier molecular flexibility index (Phi) is 10.5. The summed E-state index contributed by atoms with van der Waals surface area (Å²) in [4.78, 5) is 6.84. The van der Waals surface area contributed by atoms with E-state index in [1.165, 1.54) is 11.1 Å². The van der Waals surface area contributed by atoms with Gasteiger partial charge in [-0.1, -0.05) is 42.5 Å². The molecule has 8 heteroatoms. The molecule has 0 aliphatic heterocycles. The number of aliphatic imine (C=N–C) groups is 1. The molecule has 28 heavy (non-hydrogen) atoms. The summed E-state index contributed by atoms with van der Waals surface area (Å²) in [6.45, 7) is 6.17. The smallest absolute Gasteiger partial charge is 0.240 e. The number of halogens is 1. The first-order valence-electron chi connectivity index (χ1n) is 9.02. The lowest BCUT2D eigenvalue weighted by molar-refractivity contribution is 0.475. The minimum Gasteiger partial charge on any atom is -0.357 e. The van der Waals surface area contributed by atoms with Crippen molar-refractivity contribution in [1.82, 2.24) is 14.9 Å². The normalized spacial score (nSPS) is 11.6. The van der Waals surface area contributed by atoms with Crippen LogP contribution < -0.4 is 10.0 Å². The Morgan fingerprint density at radius 2 is 1.71 bits per heavy atom. The second kappa shape index (κ2) is 12.0. The van der Waals surface area contributed by atoms with Crippen molar-refractivity contribution in [2.75, 3.05) is 26.7 Å². The maximum atomic E-state index is 12.2. The predicted molar refractivity (Wildman–Crippen MR) is 126 cm³/mol. The van der Waals surface area contributed by atoms with Gasteiger partial charge in [-0.15, -0.1) is 24.0 Å². The SMILES string of the molecule is CCNC(=NCCNS(=O)(=O)c1ccccc1)N(C)Cc1ccccc1C.I. The van der Waals surface area contributed by atoms with Crippen LogP contribution >= 0.6 is 24.0 Å². The highest BCUT2D eigenvalue weighted by atomic mass is 127. The van der Waals surface area contributed by atoms with E-state index in [4.69, 9.17) is 0 Å². The van der Waals surface area contributed by atoms with Crippen LogP contribution in [0.2, 0.25) is 0 Å². The van der Waals surface area contributed by atoms with Crippen molar-refractivity contribution in [3.05, 3.63) is 65.7 Å². The number of aryl methyl sites for hydroxylation is 1. The van der Waals surface area contributed by atoms with Crippen LogP contribution in [0.1, 0.15) is 18.1 Å². The summed E-state index contributed by atoms with van der Waals surface area (Å²) in [5, 5.41) is 3.25. The highest BCUT2D eigenvalue weighted by Gasteiger charge is 2.12. The quantitative estimate of drug-likeness (QED) is 0.245. The molecular weight excluding hydrogens is 487 g/mol. The molecule has 0 heterocycles. The van der Waals surface area contributed by atoms with Crippen LogP contribution in [-0.2, 0) is 16.6 Å². The zero-order chi connectivity index (χ0) is 19.7. The van der Waals surface area contributed by atoms with Gasteiger partial charge in [0, 0.05) is 26.7 Å². The van der Waals surface area contributed by atoms with Crippen LogP contribution in [0.3, 0.4) is 0 Å². The number of sulfonamides is 1. The highest BCUT2D eigenvalue weighted by molar-refractivity contribution is 14.0. The monoisotopic (exact) mass is 516 g/mol. The van der Waals surface area contributed by atoms with Crippen LogP contribution in [-0.4, -0.2) is 46.0 Å². The van der Waals surface area contributed by atoms with E-state index in [9.17, 15) is 8.42 Å². The van der Waals surface area contributed by atoms with Gasteiger partial charge in [-0.25, -0.2) is 13.1 Å². The van der Waals surface area contributed by atoms with Gasteiger partial charge in [-0.2, -0.15) is 0 Å². The molecule has 2 rings (SSSR count). The van der Waals surface area contributed by atoms with Gasteiger partial charge in [0.15, 0.2) is 5.96 Å². The number of rotatable bonds is 8. The van der Waals surface area contributed by atoms with Crippen LogP contribution in [0, 0.1) is 6.92 Å². The Morgan fingerprint density at radius 1 is 1.07 bits per heavy atom. The fourth-order valence-corrected chi connectivity index (χ4v) is 3.65. The molecule has 0 aliphatic rings. The van der Waals surface area contributed by atoms with Gasteiger partial charge in [0.25, 0.3) is 0 Å². The summed E-state index contributed by atoms with van der Waals surface area (Å²) in [7, 11) is -1.52. The van der Waals surface area contributed by atoms with Gasteiger partial charge in [0.1, 0.15) is 0 Å². The van der Waals surface area contributed by atoms with Gasteiger partial charge in [0.2, 0.25) is 10.0 Å². The van der Waals surface area contributed by atoms with Gasteiger partial charge in [-0.3, -0.25) is 4.99 Å². The molecule has 0 radical (unpaired) electrons. The molecule has 0 amide bonds. The minimum absolute atomic E-state index is 0. The van der Waals surface area contributed by atoms with Crippen molar-refractivity contribution in [3.63, 3.8) is 0 Å². The molecule has 0 saturated carbocycles. The summed E-state index contributed by atoms with van der Waals surface area (Å²) < 4.78 is 27.0. The molecule has 0 atom stereocenters. The van der Waals surface area contributed by atoms with Crippen molar-refractivity contribution in [3.8, 4) is 0 Å². The molecule has 2 aromatic rings. The zero-order valence-corrected chi connectivity index (χ0v) is 19.7. The standard InChI is InChI=1S/C20H28N4O2S.HI/c1-4-21-20(24(3)16-18-11-9-8-10-17(18)2)22-14-15-23-27(25,26)19-12-6-5-7-13-19;/h5-13,23H,4,14-16H2,1-3H3,(H,21,22);1H. The lowest BCUT2D eigenvalue weighted by Gasteiger charge is -2.23. The first kappa shape index (κ1) is 24.4. The van der Waals surface area contributed by atoms with E-state index in [1.807, 2.05) is 31.0 Å². The number of nitrogens with zero attached hydrogens (tertiary/aromatic N) is 2. The molecule has 0 aromatic heterocycles. The van der Waals surface area contributed by atoms with E-state index in [1.54, 1.807) is 30.3 Å². The first-order valence-corrected chi connectivity index (χ1v) is 10.5. The van der Waals surface area contributed by atoms with Crippen LogP contribution in [0.5, 0.6) is 0 Å². The summed E-state index contributed by atoms with van der Waals surface area (Å²) in [6, 6.07) is 16.6. The third-order valence-corrected chi connectivity index (χ3v) is 5.56. The third-order valence-electron chi connectivity index (χ3n) is 4.08. The molecule has 0 bridgehead atoms. The average molecular weight is 516 g/mol. The Bertz CT molecular complexity index is 858. The van der Waals surface area contributed by atoms with E-state index in [0.29, 0.717) is 6.54 Å². The van der Waals surface area contributed by atoms with E-state index in [2.05, 4.69) is 34.1 Å². The van der Waals surface area contributed by atoms with Crippen molar-refractivity contribution in [2.24, 2.45) is 4.99 Å². The number of nitrogens with one attached hydrogen (secondary N) is 2. The van der Waals surface area contributed by atoms with Gasteiger partial charge < -0.3 is 10.2 Å². The van der Waals surface area contributed by atoms with Crippen molar-refractivity contribution in [2.45, 2.75) is 25.3 Å². The molecule has 2 N–H and O–H groups in total. The van der Waals surface area contributed by atoms with Crippen LogP contribution in [0.4, 0.5) is 0 Å². The summed E-state index contributed by atoms with van der Waals surface area (Å²) in [6.07, 6.45) is 0. The largest absolute Gasteiger partial charge is 0.357 e. The fraction of sp³-hybridized carbons (Fsp3) is 0.350. The maximum Gasteiger partial charge on any atom is 0.240 e. The molecule has 2 aromatic carbocycles. The first-order chi connectivity index (χ1) is 12.9. The predicted octanol–water partition coefficient (Wildman–Crippen LogP) is 2.99. The summed E-state index contributed by atoms with van der Waals surface area (Å²) >= 11 is 0. The van der Waals surface area contributed by atoms with Gasteiger partial charge >= 0.3 is 0 Å². The molecule has 0 aliphatic carbocycles. The Labute approximate surface area is 185 Å². The Hall–Kier alpha value is -1.65. The van der Waals surface area contributed by atoms with E-state index in [-0.39, 0.29) is 35.4 Å². The molecule has 0 saturated heterocycles. The highest BCUT2D eigenvalue weighted by Crippen LogP contribution is 2.10. The molecule has 0 unspecified atom stereocenters. The number of benzene rings is 2. The molecule has 0 fully saturated rings. The van der Waals surface area contributed by atoms with Gasteiger partial charge in [-0.05, 0) is 37.1 Å². The van der Waals surface area contributed by atoms with Crippen LogP contribution in [0.15, 0.2) is 64.5 Å². The second-order valence-electron chi connectivity index (χ2n) is 6.23. The molecule has 154 valence electrons. The number of hydrogen-bond acceptors (Lipinski definition) is 3. The maximum absolute atomic E-state index is 12.2. The third kappa shape index (κ3) is 7.40. The zero-order valence-electron chi connectivity index (χ0n) is 16.6. The Balaban J connectivity index is 0.00000392. The minimum atomic E-state index is -3.50. The molecule has 6 nitrogen and oxygen atoms in total. The van der Waals surface area contributed by atoms with E-state index in [0.717, 1.165) is 19.0 Å².